The summed E-state index contributed by atoms with van der Waals surface area (Å²) in [5.41, 5.74) is 6.60. The summed E-state index contributed by atoms with van der Waals surface area (Å²) in [6.45, 7) is 7.98. The number of nitrogens with two attached hydrogens (primary N) is 1. The largest absolute Gasteiger partial charge is 0.491 e. The van der Waals surface area contributed by atoms with Crippen molar-refractivity contribution in [2.75, 3.05) is 11.9 Å². The maximum absolute atomic E-state index is 11.9. The Morgan fingerprint density at radius 1 is 1.44 bits per heavy atom. The molecule has 0 aromatic heterocycles. The fourth-order valence-corrected chi connectivity index (χ4v) is 1.35. The van der Waals surface area contributed by atoms with E-state index in [1.165, 1.54) is 0 Å². The van der Waals surface area contributed by atoms with Gasteiger partial charge in [0.05, 0.1) is 17.8 Å². The Bertz CT molecular complexity index is 422. The molecule has 0 aliphatic heterocycles. The monoisotopic (exact) mass is 250 g/mol. The summed E-state index contributed by atoms with van der Waals surface area (Å²) in [7, 11) is 0. The Kier molecular flexibility index (Phi) is 4.73. The molecule has 1 rings (SSSR count). The van der Waals surface area contributed by atoms with Crippen LogP contribution in [0.15, 0.2) is 18.2 Å². The van der Waals surface area contributed by atoms with Gasteiger partial charge in [0.15, 0.2) is 0 Å². The zero-order chi connectivity index (χ0) is 13.8. The molecule has 4 heteroatoms. The van der Waals surface area contributed by atoms with E-state index < -0.39 is 5.54 Å². The van der Waals surface area contributed by atoms with Gasteiger partial charge in [0, 0.05) is 0 Å². The quantitative estimate of drug-likeness (QED) is 0.843. The molecule has 0 fully saturated rings. The summed E-state index contributed by atoms with van der Waals surface area (Å²) in [5.74, 6) is 0.460. The number of anilines is 1. The highest BCUT2D eigenvalue weighted by Crippen LogP contribution is 2.26. The number of ether oxygens (including phenoxy) is 1. The first-order valence-corrected chi connectivity index (χ1v) is 6.18. The summed E-state index contributed by atoms with van der Waals surface area (Å²) >= 11 is 0. The number of carbonyl (C=O) groups excluding carboxylic acids is 1. The first kappa shape index (κ1) is 14.5. The van der Waals surface area contributed by atoms with E-state index >= 15 is 0 Å². The number of hydrogen-bond donors (Lipinski definition) is 2. The van der Waals surface area contributed by atoms with Gasteiger partial charge in [0.25, 0.3) is 0 Å². The standard InChI is InChI=1S/C14H22N2O2/c1-5-8-18-12-9-10(2)6-7-11(12)16-13(17)14(3,4)15/h6-7,9H,5,8,15H2,1-4H3,(H,16,17). The van der Waals surface area contributed by atoms with Crippen LogP contribution in [0.2, 0.25) is 0 Å². The van der Waals surface area contributed by atoms with Crippen LogP contribution in [0.1, 0.15) is 32.8 Å². The minimum atomic E-state index is -0.910. The Morgan fingerprint density at radius 3 is 2.67 bits per heavy atom. The van der Waals surface area contributed by atoms with Gasteiger partial charge >= 0.3 is 0 Å². The lowest BCUT2D eigenvalue weighted by Crippen LogP contribution is -2.45. The van der Waals surface area contributed by atoms with Crippen molar-refractivity contribution in [1.29, 1.82) is 0 Å². The lowest BCUT2D eigenvalue weighted by Gasteiger charge is -2.19. The van der Waals surface area contributed by atoms with Crippen LogP contribution >= 0.6 is 0 Å². The van der Waals surface area contributed by atoms with E-state index in [4.69, 9.17) is 10.5 Å². The third-order valence-electron chi connectivity index (χ3n) is 2.43. The predicted molar refractivity (Wildman–Crippen MR) is 73.9 cm³/mol. The topological polar surface area (TPSA) is 64.3 Å². The number of aryl methyl sites for hydroxylation is 1. The Hall–Kier alpha value is -1.55. The molecular weight excluding hydrogens is 228 g/mol. The number of rotatable bonds is 5. The van der Waals surface area contributed by atoms with Gasteiger partial charge in [-0.05, 0) is 44.9 Å². The molecule has 0 heterocycles. The molecular formula is C14H22N2O2. The average Bonchev–Trinajstić information content (AvgIpc) is 2.28. The van der Waals surface area contributed by atoms with Crippen molar-refractivity contribution in [2.45, 2.75) is 39.7 Å². The molecule has 4 nitrogen and oxygen atoms in total. The van der Waals surface area contributed by atoms with E-state index in [1.54, 1.807) is 13.8 Å². The molecule has 0 saturated carbocycles. The van der Waals surface area contributed by atoms with E-state index in [0.29, 0.717) is 18.0 Å². The van der Waals surface area contributed by atoms with Gasteiger partial charge in [-0.25, -0.2) is 0 Å². The zero-order valence-corrected chi connectivity index (χ0v) is 11.5. The molecule has 0 radical (unpaired) electrons. The van der Waals surface area contributed by atoms with Gasteiger partial charge in [-0.2, -0.15) is 0 Å². The maximum Gasteiger partial charge on any atom is 0.243 e. The third-order valence-corrected chi connectivity index (χ3v) is 2.43. The van der Waals surface area contributed by atoms with Crippen LogP contribution in [-0.4, -0.2) is 18.1 Å². The third kappa shape index (κ3) is 4.04. The molecule has 0 spiro atoms. The summed E-state index contributed by atoms with van der Waals surface area (Å²) < 4.78 is 5.63. The number of amides is 1. The smallest absolute Gasteiger partial charge is 0.243 e. The van der Waals surface area contributed by atoms with Crippen molar-refractivity contribution in [3.8, 4) is 5.75 Å². The van der Waals surface area contributed by atoms with Crippen molar-refractivity contribution in [3.05, 3.63) is 23.8 Å². The van der Waals surface area contributed by atoms with Crippen molar-refractivity contribution >= 4 is 11.6 Å². The van der Waals surface area contributed by atoms with Gasteiger partial charge in [-0.1, -0.05) is 13.0 Å². The van der Waals surface area contributed by atoms with Crippen LogP contribution in [0, 0.1) is 6.92 Å². The molecule has 0 aliphatic carbocycles. The van der Waals surface area contributed by atoms with E-state index in [0.717, 1.165) is 12.0 Å². The van der Waals surface area contributed by atoms with Crippen molar-refractivity contribution < 1.29 is 9.53 Å². The SMILES string of the molecule is CCCOc1cc(C)ccc1NC(=O)C(C)(C)N. The van der Waals surface area contributed by atoms with Crippen LogP contribution in [0.25, 0.3) is 0 Å². The normalized spacial score (nSPS) is 11.2. The highest BCUT2D eigenvalue weighted by molar-refractivity contribution is 5.98. The van der Waals surface area contributed by atoms with E-state index in [-0.39, 0.29) is 5.91 Å². The second-order valence-corrected chi connectivity index (χ2v) is 5.02. The summed E-state index contributed by atoms with van der Waals surface area (Å²) in [6.07, 6.45) is 0.920. The molecule has 0 atom stereocenters. The minimum Gasteiger partial charge on any atom is -0.491 e. The molecule has 3 N–H and O–H groups in total. The van der Waals surface area contributed by atoms with Crippen LogP contribution in [0.4, 0.5) is 5.69 Å². The van der Waals surface area contributed by atoms with Crippen molar-refractivity contribution in [2.24, 2.45) is 5.73 Å². The van der Waals surface area contributed by atoms with Gasteiger partial charge in [-0.3, -0.25) is 4.79 Å². The molecule has 1 aromatic rings. The second-order valence-electron chi connectivity index (χ2n) is 5.02. The molecule has 0 saturated heterocycles. The first-order valence-electron chi connectivity index (χ1n) is 6.18. The Morgan fingerprint density at radius 2 is 2.11 bits per heavy atom. The first-order chi connectivity index (χ1) is 8.34. The van der Waals surface area contributed by atoms with Gasteiger partial charge in [-0.15, -0.1) is 0 Å². The fourth-order valence-electron chi connectivity index (χ4n) is 1.35. The summed E-state index contributed by atoms with van der Waals surface area (Å²) in [6, 6.07) is 5.68. The van der Waals surface area contributed by atoms with Crippen molar-refractivity contribution in [3.63, 3.8) is 0 Å². The molecule has 1 amide bonds. The van der Waals surface area contributed by atoms with Crippen LogP contribution in [0.3, 0.4) is 0 Å². The summed E-state index contributed by atoms with van der Waals surface area (Å²) in [5, 5.41) is 2.80. The molecule has 0 unspecified atom stereocenters. The lowest BCUT2D eigenvalue weighted by molar-refractivity contribution is -0.120. The molecule has 18 heavy (non-hydrogen) atoms. The second kappa shape index (κ2) is 5.87. The van der Waals surface area contributed by atoms with Gasteiger partial charge in [0.1, 0.15) is 5.75 Å². The number of nitrogens with one attached hydrogen (secondary N) is 1. The van der Waals surface area contributed by atoms with Crippen molar-refractivity contribution in [1.82, 2.24) is 0 Å². The molecule has 100 valence electrons. The van der Waals surface area contributed by atoms with Gasteiger partial charge < -0.3 is 15.8 Å². The molecule has 0 aliphatic rings. The zero-order valence-electron chi connectivity index (χ0n) is 11.5. The van der Waals surface area contributed by atoms with Gasteiger partial charge in [0.2, 0.25) is 5.91 Å². The van der Waals surface area contributed by atoms with Crippen LogP contribution < -0.4 is 15.8 Å². The van der Waals surface area contributed by atoms with Crippen LogP contribution in [0.5, 0.6) is 5.75 Å². The van der Waals surface area contributed by atoms with E-state index in [9.17, 15) is 4.79 Å². The lowest BCUT2D eigenvalue weighted by atomic mass is 10.1. The van der Waals surface area contributed by atoms with E-state index in [2.05, 4.69) is 5.32 Å². The Labute approximate surface area is 109 Å². The average molecular weight is 250 g/mol. The minimum absolute atomic E-state index is 0.229. The predicted octanol–water partition coefficient (Wildman–Crippen LogP) is 2.46. The number of carbonyl (C=O) groups is 1. The fraction of sp³-hybridized carbons (Fsp3) is 0.500. The molecule has 1 aromatic carbocycles. The van der Waals surface area contributed by atoms with E-state index in [1.807, 2.05) is 32.0 Å². The highest BCUT2D eigenvalue weighted by Gasteiger charge is 2.22. The Balaban J connectivity index is 2.90. The molecule has 0 bridgehead atoms. The van der Waals surface area contributed by atoms with Crippen LogP contribution in [-0.2, 0) is 4.79 Å². The summed E-state index contributed by atoms with van der Waals surface area (Å²) in [4.78, 5) is 11.9. The number of benzene rings is 1. The maximum atomic E-state index is 11.9. The highest BCUT2D eigenvalue weighted by atomic mass is 16.5. The number of hydrogen-bond acceptors (Lipinski definition) is 3.